The van der Waals surface area contributed by atoms with Gasteiger partial charge in [-0.3, -0.25) is 4.79 Å². The lowest BCUT2D eigenvalue weighted by atomic mass is 10.1. The van der Waals surface area contributed by atoms with Crippen molar-refractivity contribution in [3.05, 3.63) is 78.1 Å². The summed E-state index contributed by atoms with van der Waals surface area (Å²) in [5.74, 6) is 0.139. The average Bonchev–Trinajstić information content (AvgIpc) is 2.71. The molecule has 2 aromatic carbocycles. The van der Waals surface area contributed by atoms with Gasteiger partial charge in [-0.05, 0) is 29.8 Å². The van der Waals surface area contributed by atoms with Crippen molar-refractivity contribution in [3.8, 4) is 5.75 Å². The predicted molar refractivity (Wildman–Crippen MR) is 104 cm³/mol. The molecule has 1 N–H and O–H groups in total. The van der Waals surface area contributed by atoms with E-state index in [1.807, 2.05) is 41.3 Å². The molecule has 2 heterocycles. The highest BCUT2D eigenvalue weighted by Crippen LogP contribution is 2.30. The first kappa shape index (κ1) is 17.9. The number of aromatic nitrogens is 2. The minimum absolute atomic E-state index is 0.324. The average molecular weight is 378 g/mol. The number of alkyl halides is 1. The second kappa shape index (κ2) is 8.04. The molecule has 0 unspecified atom stereocenters. The molecular formula is C21H19FN4O2. The lowest BCUT2D eigenvalue weighted by Crippen LogP contribution is -2.48. The number of rotatable bonds is 6. The van der Waals surface area contributed by atoms with Crippen molar-refractivity contribution in [2.24, 2.45) is 0 Å². The first-order valence-corrected chi connectivity index (χ1v) is 8.97. The van der Waals surface area contributed by atoms with Crippen LogP contribution in [0.2, 0.25) is 0 Å². The van der Waals surface area contributed by atoms with Crippen molar-refractivity contribution in [2.75, 3.05) is 23.3 Å². The first-order valence-electron chi connectivity index (χ1n) is 8.97. The van der Waals surface area contributed by atoms with Crippen molar-refractivity contribution in [1.82, 2.24) is 10.2 Å². The van der Waals surface area contributed by atoms with Gasteiger partial charge < -0.3 is 15.0 Å². The highest BCUT2D eigenvalue weighted by atomic mass is 19.1. The summed E-state index contributed by atoms with van der Waals surface area (Å²) < 4.78 is 19.1. The smallest absolute Gasteiger partial charge is 0.259 e. The molecule has 4 rings (SSSR count). The maximum atomic E-state index is 13.2. The van der Waals surface area contributed by atoms with Gasteiger partial charge in [0, 0.05) is 5.69 Å². The van der Waals surface area contributed by atoms with E-state index >= 15 is 0 Å². The van der Waals surface area contributed by atoms with E-state index in [-0.39, 0.29) is 5.91 Å². The van der Waals surface area contributed by atoms with Crippen molar-refractivity contribution < 1.29 is 13.9 Å². The summed E-state index contributed by atoms with van der Waals surface area (Å²) in [7, 11) is 0. The van der Waals surface area contributed by atoms with Gasteiger partial charge in [0.2, 0.25) is 0 Å². The fraction of sp³-hybridized carbons (Fsp3) is 0.190. The third kappa shape index (κ3) is 4.09. The SMILES string of the molecule is O=C(Nc1ccnnc1)c1cc(N2CC(F)C2)ccc1OCc1ccccc1. The molecule has 1 amide bonds. The van der Waals surface area contributed by atoms with Gasteiger partial charge in [-0.2, -0.15) is 10.2 Å². The summed E-state index contributed by atoms with van der Waals surface area (Å²) in [4.78, 5) is 14.7. The van der Waals surface area contributed by atoms with Gasteiger partial charge >= 0.3 is 0 Å². The lowest BCUT2D eigenvalue weighted by molar-refractivity contribution is 0.102. The largest absolute Gasteiger partial charge is 0.488 e. The van der Waals surface area contributed by atoms with Crippen LogP contribution in [0.1, 0.15) is 15.9 Å². The summed E-state index contributed by atoms with van der Waals surface area (Å²) in [6.45, 7) is 1.01. The molecule has 1 aliphatic heterocycles. The van der Waals surface area contributed by atoms with E-state index in [2.05, 4.69) is 15.5 Å². The standard InChI is InChI=1S/C21H19FN4O2/c22-16-12-26(13-16)18-6-7-20(28-14-15-4-2-1-3-5-15)19(10-18)21(27)25-17-8-9-23-24-11-17/h1-11,16H,12-14H2,(H,23,25,27). The number of hydrogen-bond donors (Lipinski definition) is 1. The number of amides is 1. The molecule has 1 saturated heterocycles. The van der Waals surface area contributed by atoms with Crippen molar-refractivity contribution in [3.63, 3.8) is 0 Å². The number of benzene rings is 2. The van der Waals surface area contributed by atoms with E-state index in [9.17, 15) is 9.18 Å². The Morgan fingerprint density at radius 1 is 1.14 bits per heavy atom. The van der Waals surface area contributed by atoms with Gasteiger partial charge in [0.1, 0.15) is 18.5 Å². The van der Waals surface area contributed by atoms with E-state index in [1.165, 1.54) is 12.4 Å². The first-order chi connectivity index (χ1) is 13.7. The highest BCUT2D eigenvalue weighted by Gasteiger charge is 2.27. The highest BCUT2D eigenvalue weighted by molar-refractivity contribution is 6.06. The van der Waals surface area contributed by atoms with Crippen molar-refractivity contribution in [1.29, 1.82) is 0 Å². The molecule has 1 aromatic heterocycles. The van der Waals surface area contributed by atoms with E-state index in [0.717, 1.165) is 11.3 Å². The summed E-state index contributed by atoms with van der Waals surface area (Å²) in [5.41, 5.74) is 2.71. The second-order valence-electron chi connectivity index (χ2n) is 6.54. The number of halogens is 1. The molecule has 28 heavy (non-hydrogen) atoms. The zero-order valence-corrected chi connectivity index (χ0v) is 15.1. The van der Waals surface area contributed by atoms with Gasteiger partial charge in [0.25, 0.3) is 5.91 Å². The maximum Gasteiger partial charge on any atom is 0.259 e. The van der Waals surface area contributed by atoms with Crippen LogP contribution >= 0.6 is 0 Å². The van der Waals surface area contributed by atoms with E-state index in [0.29, 0.717) is 36.7 Å². The molecule has 0 spiro atoms. The van der Waals surface area contributed by atoms with Gasteiger partial charge in [0.05, 0.1) is 36.7 Å². The Kier molecular flexibility index (Phi) is 5.14. The van der Waals surface area contributed by atoms with Gasteiger partial charge in [-0.15, -0.1) is 0 Å². The number of ether oxygens (including phenoxy) is 1. The van der Waals surface area contributed by atoms with Crippen LogP contribution < -0.4 is 15.0 Å². The number of nitrogens with one attached hydrogen (secondary N) is 1. The summed E-state index contributed by atoms with van der Waals surface area (Å²) in [6.07, 6.45) is 2.14. The Labute approximate surface area is 162 Å². The van der Waals surface area contributed by atoms with Crippen LogP contribution in [-0.2, 0) is 6.61 Å². The van der Waals surface area contributed by atoms with Crippen LogP contribution in [0.15, 0.2) is 67.0 Å². The minimum Gasteiger partial charge on any atom is -0.488 e. The summed E-state index contributed by atoms with van der Waals surface area (Å²) in [5, 5.41) is 10.3. The quantitative estimate of drug-likeness (QED) is 0.711. The fourth-order valence-corrected chi connectivity index (χ4v) is 2.95. The third-order valence-electron chi connectivity index (χ3n) is 4.49. The molecule has 1 fully saturated rings. The Bertz CT molecular complexity index is 947. The van der Waals surface area contributed by atoms with Crippen LogP contribution in [0.5, 0.6) is 5.75 Å². The second-order valence-corrected chi connectivity index (χ2v) is 6.54. The van der Waals surface area contributed by atoms with Gasteiger partial charge in [0.15, 0.2) is 0 Å². The molecule has 0 saturated carbocycles. The molecule has 1 aliphatic rings. The summed E-state index contributed by atoms with van der Waals surface area (Å²) >= 11 is 0. The van der Waals surface area contributed by atoms with Crippen LogP contribution in [0, 0.1) is 0 Å². The van der Waals surface area contributed by atoms with E-state index in [4.69, 9.17) is 4.74 Å². The van der Waals surface area contributed by atoms with Crippen LogP contribution in [-0.4, -0.2) is 35.4 Å². The molecule has 6 nitrogen and oxygen atoms in total. The normalized spacial score (nSPS) is 13.7. The van der Waals surface area contributed by atoms with Crippen LogP contribution in [0.25, 0.3) is 0 Å². The van der Waals surface area contributed by atoms with Crippen LogP contribution in [0.3, 0.4) is 0 Å². The summed E-state index contributed by atoms with van der Waals surface area (Å²) in [6, 6.07) is 16.7. The molecule has 0 aliphatic carbocycles. The number of carbonyl (C=O) groups is 1. The Hall–Kier alpha value is -3.48. The fourth-order valence-electron chi connectivity index (χ4n) is 2.95. The molecule has 0 radical (unpaired) electrons. The maximum absolute atomic E-state index is 13.2. The Balaban J connectivity index is 1.57. The van der Waals surface area contributed by atoms with Gasteiger partial charge in [-0.25, -0.2) is 4.39 Å². The van der Waals surface area contributed by atoms with Crippen molar-refractivity contribution >= 4 is 17.3 Å². The number of hydrogen-bond acceptors (Lipinski definition) is 5. The van der Waals surface area contributed by atoms with Gasteiger partial charge in [-0.1, -0.05) is 30.3 Å². The minimum atomic E-state index is -0.825. The molecule has 7 heteroatoms. The lowest BCUT2D eigenvalue weighted by Gasteiger charge is -2.36. The predicted octanol–water partition coefficient (Wildman–Crippen LogP) is 3.47. The number of anilines is 2. The third-order valence-corrected chi connectivity index (χ3v) is 4.49. The monoisotopic (exact) mass is 378 g/mol. The zero-order chi connectivity index (χ0) is 19.3. The molecule has 0 atom stereocenters. The van der Waals surface area contributed by atoms with E-state index < -0.39 is 6.17 Å². The van der Waals surface area contributed by atoms with Crippen LogP contribution in [0.4, 0.5) is 15.8 Å². The number of carbonyl (C=O) groups excluding carboxylic acids is 1. The molecular weight excluding hydrogens is 359 g/mol. The van der Waals surface area contributed by atoms with Crippen molar-refractivity contribution in [2.45, 2.75) is 12.8 Å². The number of nitrogens with zero attached hydrogens (tertiary/aromatic N) is 3. The Morgan fingerprint density at radius 2 is 1.96 bits per heavy atom. The topological polar surface area (TPSA) is 67.4 Å². The Morgan fingerprint density at radius 3 is 2.68 bits per heavy atom. The molecule has 3 aromatic rings. The molecule has 142 valence electrons. The molecule has 0 bridgehead atoms. The zero-order valence-electron chi connectivity index (χ0n) is 15.1. The van der Waals surface area contributed by atoms with E-state index in [1.54, 1.807) is 18.2 Å².